The zero-order valence-corrected chi connectivity index (χ0v) is 15.1. The highest BCUT2D eigenvalue weighted by Gasteiger charge is 2.15. The smallest absolute Gasteiger partial charge is 0.185 e. The van der Waals surface area contributed by atoms with E-state index in [1.165, 1.54) is 9.75 Å². The first kappa shape index (κ1) is 16.5. The number of nitrogens with zero attached hydrogens (tertiary/aromatic N) is 2. The van der Waals surface area contributed by atoms with Crippen LogP contribution in [0.25, 0.3) is 0 Å². The lowest BCUT2D eigenvalue weighted by Crippen LogP contribution is -2.34. The Morgan fingerprint density at radius 1 is 1.33 bits per heavy atom. The Morgan fingerprint density at radius 2 is 2.10 bits per heavy atom. The van der Waals surface area contributed by atoms with Gasteiger partial charge < -0.3 is 10.2 Å². The Bertz CT molecular complexity index is 540. The second kappa shape index (κ2) is 6.90. The summed E-state index contributed by atoms with van der Waals surface area (Å²) < 4.78 is 0. The van der Waals surface area contributed by atoms with Gasteiger partial charge in [0.05, 0.1) is 0 Å². The zero-order chi connectivity index (χ0) is 15.5. The topological polar surface area (TPSA) is 28.2 Å². The van der Waals surface area contributed by atoms with Gasteiger partial charge in [0.15, 0.2) is 5.13 Å². The van der Waals surface area contributed by atoms with Crippen molar-refractivity contribution in [3.8, 4) is 0 Å². The summed E-state index contributed by atoms with van der Waals surface area (Å²) in [5.74, 6) is 0. The molecule has 1 unspecified atom stereocenters. The van der Waals surface area contributed by atoms with Gasteiger partial charge >= 0.3 is 0 Å². The van der Waals surface area contributed by atoms with Gasteiger partial charge in [-0.2, -0.15) is 0 Å². The summed E-state index contributed by atoms with van der Waals surface area (Å²) in [5.41, 5.74) is 0.141. The summed E-state index contributed by atoms with van der Waals surface area (Å²) >= 11 is 3.60. The van der Waals surface area contributed by atoms with Gasteiger partial charge in [0.1, 0.15) is 0 Å². The van der Waals surface area contributed by atoms with Crippen LogP contribution in [-0.2, 0) is 13.0 Å². The largest absolute Gasteiger partial charge is 0.348 e. The molecule has 0 aliphatic rings. The first-order chi connectivity index (χ1) is 9.85. The number of hydrogen-bond donors (Lipinski definition) is 1. The van der Waals surface area contributed by atoms with Gasteiger partial charge in [-0.3, -0.25) is 0 Å². The van der Waals surface area contributed by atoms with E-state index in [4.69, 9.17) is 0 Å². The quantitative estimate of drug-likeness (QED) is 0.865. The average molecular weight is 324 g/mol. The van der Waals surface area contributed by atoms with E-state index >= 15 is 0 Å². The number of likely N-dealkylation sites (N-methyl/N-ethyl adjacent to an activating group) is 1. The number of hydrogen-bond acceptors (Lipinski definition) is 5. The van der Waals surface area contributed by atoms with Crippen molar-refractivity contribution >= 4 is 27.8 Å². The molecule has 116 valence electrons. The van der Waals surface area contributed by atoms with Crippen LogP contribution >= 0.6 is 22.7 Å². The van der Waals surface area contributed by atoms with Crippen LogP contribution in [-0.4, -0.2) is 23.6 Å². The van der Waals surface area contributed by atoms with Gasteiger partial charge in [0.25, 0.3) is 0 Å². The van der Waals surface area contributed by atoms with Crippen LogP contribution in [0.15, 0.2) is 23.7 Å². The van der Waals surface area contributed by atoms with E-state index in [-0.39, 0.29) is 5.54 Å². The SMILES string of the molecule is CC(Cc1cccs1)N(C)c1ncc(CNC(C)(C)C)s1. The molecule has 5 heteroatoms. The molecule has 1 atom stereocenters. The molecule has 0 aliphatic heterocycles. The number of rotatable bonds is 6. The Hall–Kier alpha value is -0.910. The molecule has 0 aliphatic carbocycles. The minimum absolute atomic E-state index is 0.141. The predicted molar refractivity (Wildman–Crippen MR) is 94.6 cm³/mol. The summed E-state index contributed by atoms with van der Waals surface area (Å²) in [5, 5.41) is 6.75. The van der Waals surface area contributed by atoms with Crippen LogP contribution < -0.4 is 10.2 Å². The summed E-state index contributed by atoms with van der Waals surface area (Å²) in [7, 11) is 2.14. The molecule has 0 saturated carbocycles. The van der Waals surface area contributed by atoms with E-state index in [2.05, 4.69) is 67.5 Å². The molecule has 2 heterocycles. The standard InChI is InChI=1S/C16H25N3S2/c1-12(9-13-7-6-8-20-13)19(5)15-17-10-14(21-15)11-18-16(2,3)4/h6-8,10,12,18H,9,11H2,1-5H3. The van der Waals surface area contributed by atoms with Crippen molar-refractivity contribution in [1.82, 2.24) is 10.3 Å². The summed E-state index contributed by atoms with van der Waals surface area (Å²) in [6.07, 6.45) is 3.07. The third kappa shape index (κ3) is 5.09. The average Bonchev–Trinajstić information content (AvgIpc) is 3.05. The van der Waals surface area contributed by atoms with Crippen LogP contribution in [0.1, 0.15) is 37.4 Å². The monoisotopic (exact) mass is 323 g/mol. The van der Waals surface area contributed by atoms with Crippen LogP contribution in [0, 0.1) is 0 Å². The number of nitrogens with one attached hydrogen (secondary N) is 1. The van der Waals surface area contributed by atoms with Crippen molar-refractivity contribution in [2.24, 2.45) is 0 Å². The van der Waals surface area contributed by atoms with Gasteiger partial charge in [-0.25, -0.2) is 4.98 Å². The number of aromatic nitrogens is 1. The summed E-state index contributed by atoms with van der Waals surface area (Å²) in [4.78, 5) is 9.58. The van der Waals surface area contributed by atoms with Crippen LogP contribution in [0.5, 0.6) is 0 Å². The van der Waals surface area contributed by atoms with Gasteiger partial charge in [-0.1, -0.05) is 6.07 Å². The molecule has 0 aromatic carbocycles. The molecule has 21 heavy (non-hydrogen) atoms. The maximum absolute atomic E-state index is 4.57. The number of thiophene rings is 1. The predicted octanol–water partition coefficient (Wildman–Crippen LogP) is 4.16. The summed E-state index contributed by atoms with van der Waals surface area (Å²) in [6.45, 7) is 9.70. The van der Waals surface area contributed by atoms with Crippen LogP contribution in [0.4, 0.5) is 5.13 Å². The van der Waals surface area contributed by atoms with E-state index in [1.54, 1.807) is 11.3 Å². The van der Waals surface area contributed by atoms with E-state index < -0.39 is 0 Å². The lowest BCUT2D eigenvalue weighted by molar-refractivity contribution is 0.426. The highest BCUT2D eigenvalue weighted by atomic mass is 32.1. The van der Waals surface area contributed by atoms with Crippen molar-refractivity contribution in [1.29, 1.82) is 0 Å². The van der Waals surface area contributed by atoms with Gasteiger partial charge in [-0.15, -0.1) is 22.7 Å². The highest BCUT2D eigenvalue weighted by Crippen LogP contribution is 2.25. The highest BCUT2D eigenvalue weighted by molar-refractivity contribution is 7.15. The normalized spacial score (nSPS) is 13.4. The minimum Gasteiger partial charge on any atom is -0.348 e. The maximum atomic E-state index is 4.57. The molecule has 0 spiro atoms. The van der Waals surface area contributed by atoms with Gasteiger partial charge in [0, 0.05) is 47.5 Å². The second-order valence-corrected chi connectivity index (χ2v) is 8.58. The molecular weight excluding hydrogens is 298 g/mol. The lowest BCUT2D eigenvalue weighted by atomic mass is 10.1. The van der Waals surface area contributed by atoms with Crippen molar-refractivity contribution < 1.29 is 0 Å². The molecule has 0 fully saturated rings. The van der Waals surface area contributed by atoms with E-state index in [0.29, 0.717) is 6.04 Å². The summed E-state index contributed by atoms with van der Waals surface area (Å²) in [6, 6.07) is 4.78. The first-order valence-corrected chi connectivity index (χ1v) is 9.00. The molecule has 2 aromatic rings. The van der Waals surface area contributed by atoms with Gasteiger partial charge in [-0.05, 0) is 39.1 Å². The molecule has 0 radical (unpaired) electrons. The van der Waals surface area contributed by atoms with Crippen molar-refractivity contribution in [2.75, 3.05) is 11.9 Å². The molecule has 0 bridgehead atoms. The fraction of sp³-hybridized carbons (Fsp3) is 0.562. The Kier molecular flexibility index (Phi) is 5.41. The third-order valence-electron chi connectivity index (χ3n) is 3.37. The van der Waals surface area contributed by atoms with E-state index in [0.717, 1.165) is 18.1 Å². The molecule has 0 saturated heterocycles. The fourth-order valence-electron chi connectivity index (χ4n) is 1.94. The third-order valence-corrected chi connectivity index (χ3v) is 5.36. The first-order valence-electron chi connectivity index (χ1n) is 7.30. The van der Waals surface area contributed by atoms with Crippen molar-refractivity contribution in [3.63, 3.8) is 0 Å². The van der Waals surface area contributed by atoms with E-state index in [1.807, 2.05) is 17.5 Å². The number of anilines is 1. The lowest BCUT2D eigenvalue weighted by Gasteiger charge is -2.23. The Morgan fingerprint density at radius 3 is 2.71 bits per heavy atom. The Labute approximate surface area is 136 Å². The fourth-order valence-corrected chi connectivity index (χ4v) is 3.68. The van der Waals surface area contributed by atoms with E-state index in [9.17, 15) is 0 Å². The van der Waals surface area contributed by atoms with Crippen molar-refractivity contribution in [2.45, 2.75) is 52.2 Å². The molecule has 1 N–H and O–H groups in total. The molecule has 0 amide bonds. The maximum Gasteiger partial charge on any atom is 0.185 e. The number of thiazole rings is 1. The molecule has 3 nitrogen and oxygen atoms in total. The second-order valence-electron chi connectivity index (χ2n) is 6.46. The molecule has 2 rings (SSSR count). The van der Waals surface area contributed by atoms with Crippen LogP contribution in [0.3, 0.4) is 0 Å². The van der Waals surface area contributed by atoms with Crippen molar-refractivity contribution in [3.05, 3.63) is 33.5 Å². The van der Waals surface area contributed by atoms with Crippen LogP contribution in [0.2, 0.25) is 0 Å². The Balaban J connectivity index is 1.93. The van der Waals surface area contributed by atoms with Gasteiger partial charge in [0.2, 0.25) is 0 Å². The zero-order valence-electron chi connectivity index (χ0n) is 13.5. The minimum atomic E-state index is 0.141. The molecule has 2 aromatic heterocycles. The molecular formula is C16H25N3S2.